The zero-order chi connectivity index (χ0) is 14.7. The van der Waals surface area contributed by atoms with Crippen molar-refractivity contribution in [2.45, 2.75) is 47.1 Å². The van der Waals surface area contributed by atoms with Gasteiger partial charge in [-0.3, -0.25) is 4.79 Å². The molecule has 19 heavy (non-hydrogen) atoms. The highest BCUT2D eigenvalue weighted by Crippen LogP contribution is 2.33. The number of aliphatic carboxylic acids is 1. The van der Waals surface area contributed by atoms with Crippen molar-refractivity contribution in [3.63, 3.8) is 0 Å². The van der Waals surface area contributed by atoms with Gasteiger partial charge >= 0.3 is 5.97 Å². The Morgan fingerprint density at radius 1 is 1.21 bits per heavy atom. The average molecular weight is 263 g/mol. The molecule has 1 aromatic carbocycles. The molecule has 0 saturated carbocycles. The number of nitrogens with one attached hydrogen (secondary N) is 1. The fraction of sp³-hybridized carbons (Fsp3) is 0.562. The van der Waals surface area contributed by atoms with Crippen LogP contribution >= 0.6 is 0 Å². The summed E-state index contributed by atoms with van der Waals surface area (Å²) in [7, 11) is 1.84. The van der Waals surface area contributed by atoms with Crippen LogP contribution in [0.2, 0.25) is 0 Å². The smallest absolute Gasteiger partial charge is 0.308 e. The third-order valence-electron chi connectivity index (χ3n) is 4.21. The molecule has 0 amide bonds. The molecule has 3 heteroatoms. The van der Waals surface area contributed by atoms with Crippen LogP contribution in [0, 0.1) is 33.6 Å². The number of carboxylic acid groups (broad SMARTS) is 1. The van der Waals surface area contributed by atoms with Gasteiger partial charge in [0.25, 0.3) is 0 Å². The van der Waals surface area contributed by atoms with Crippen molar-refractivity contribution in [3.05, 3.63) is 33.9 Å². The lowest BCUT2D eigenvalue weighted by molar-refractivity contribution is -0.143. The number of hydrogen-bond acceptors (Lipinski definition) is 2. The molecular weight excluding hydrogens is 238 g/mol. The average Bonchev–Trinajstić information content (AvgIpc) is 2.35. The molecule has 0 aliphatic carbocycles. The van der Waals surface area contributed by atoms with E-state index in [4.69, 9.17) is 0 Å². The molecule has 0 aromatic heterocycles. The summed E-state index contributed by atoms with van der Waals surface area (Å²) in [5.74, 6) is -1.14. The summed E-state index contributed by atoms with van der Waals surface area (Å²) in [4.78, 5) is 11.5. The predicted molar refractivity (Wildman–Crippen MR) is 78.6 cm³/mol. The van der Waals surface area contributed by atoms with E-state index in [0.29, 0.717) is 6.42 Å². The van der Waals surface area contributed by atoms with Gasteiger partial charge in [0, 0.05) is 6.04 Å². The van der Waals surface area contributed by atoms with Crippen molar-refractivity contribution >= 4 is 5.97 Å². The first kappa shape index (κ1) is 15.7. The van der Waals surface area contributed by atoms with Gasteiger partial charge in [0.1, 0.15) is 0 Å². The van der Waals surface area contributed by atoms with Crippen molar-refractivity contribution in [2.24, 2.45) is 5.92 Å². The van der Waals surface area contributed by atoms with Crippen molar-refractivity contribution in [1.82, 2.24) is 5.32 Å². The van der Waals surface area contributed by atoms with Gasteiger partial charge in [-0.2, -0.15) is 0 Å². The van der Waals surface area contributed by atoms with Crippen molar-refractivity contribution < 1.29 is 9.90 Å². The highest BCUT2D eigenvalue weighted by molar-refractivity contribution is 5.71. The molecule has 0 fully saturated rings. The molecule has 3 nitrogen and oxygen atoms in total. The first-order chi connectivity index (χ1) is 8.84. The van der Waals surface area contributed by atoms with Gasteiger partial charge < -0.3 is 10.4 Å². The number of aryl methyl sites for hydroxylation is 2. The van der Waals surface area contributed by atoms with Gasteiger partial charge in [0.05, 0.1) is 5.92 Å². The first-order valence-corrected chi connectivity index (χ1v) is 6.82. The second kappa shape index (κ2) is 6.20. The predicted octanol–water partition coefficient (Wildman–Crippen LogP) is 3.29. The Hall–Kier alpha value is -1.35. The molecule has 0 aliphatic heterocycles. The van der Waals surface area contributed by atoms with E-state index in [-0.39, 0.29) is 6.04 Å². The second-order valence-corrected chi connectivity index (χ2v) is 5.29. The van der Waals surface area contributed by atoms with E-state index < -0.39 is 11.9 Å². The Bertz CT molecular complexity index is 454. The lowest BCUT2D eigenvalue weighted by Gasteiger charge is -2.28. The highest BCUT2D eigenvalue weighted by Gasteiger charge is 2.29. The maximum atomic E-state index is 11.5. The van der Waals surface area contributed by atoms with Crippen LogP contribution in [-0.4, -0.2) is 18.1 Å². The van der Waals surface area contributed by atoms with E-state index in [1.54, 1.807) is 0 Å². The molecule has 0 heterocycles. The molecule has 106 valence electrons. The van der Waals surface area contributed by atoms with Crippen LogP contribution in [0.4, 0.5) is 0 Å². The van der Waals surface area contributed by atoms with E-state index in [9.17, 15) is 9.90 Å². The number of rotatable bonds is 5. The summed E-state index contributed by atoms with van der Waals surface area (Å²) in [5.41, 5.74) is 5.98. The maximum absolute atomic E-state index is 11.5. The molecule has 0 aliphatic rings. The topological polar surface area (TPSA) is 49.3 Å². The molecule has 2 N–H and O–H groups in total. The fourth-order valence-corrected chi connectivity index (χ4v) is 2.81. The van der Waals surface area contributed by atoms with E-state index in [0.717, 1.165) is 5.56 Å². The molecule has 1 aromatic rings. The first-order valence-electron chi connectivity index (χ1n) is 6.82. The molecule has 1 rings (SSSR count). The lowest BCUT2D eigenvalue weighted by Crippen LogP contribution is -2.32. The van der Waals surface area contributed by atoms with Gasteiger partial charge in [0.15, 0.2) is 0 Å². The minimum Gasteiger partial charge on any atom is -0.481 e. The maximum Gasteiger partial charge on any atom is 0.308 e. The number of carboxylic acids is 1. The zero-order valence-electron chi connectivity index (χ0n) is 12.8. The third kappa shape index (κ3) is 2.98. The van der Waals surface area contributed by atoms with Crippen LogP contribution in [0.3, 0.4) is 0 Å². The standard InChI is InChI=1S/C16H25NO2/c1-7-13(16(18)19)15(17-6)14-11(4)9(2)8-10(3)12(14)5/h8,13,15,17H,7H2,1-6H3,(H,18,19). The number of benzene rings is 1. The quantitative estimate of drug-likeness (QED) is 0.857. The summed E-state index contributed by atoms with van der Waals surface area (Å²) in [6, 6.07) is 2.03. The minimum absolute atomic E-state index is 0.138. The molecule has 0 radical (unpaired) electrons. The molecule has 2 atom stereocenters. The fourth-order valence-electron chi connectivity index (χ4n) is 2.81. The Balaban J connectivity index is 3.44. The molecule has 0 bridgehead atoms. The third-order valence-corrected chi connectivity index (χ3v) is 4.21. The van der Waals surface area contributed by atoms with E-state index >= 15 is 0 Å². The number of hydrogen-bond donors (Lipinski definition) is 2. The molecule has 0 spiro atoms. The van der Waals surface area contributed by atoms with Crippen LogP contribution < -0.4 is 5.32 Å². The SMILES string of the molecule is CCC(C(=O)O)C(NC)c1c(C)c(C)cc(C)c1C. The largest absolute Gasteiger partial charge is 0.481 e. The summed E-state index contributed by atoms with van der Waals surface area (Å²) in [6.45, 7) is 10.3. The molecule has 0 saturated heterocycles. The van der Waals surface area contributed by atoms with Crippen LogP contribution in [0.1, 0.15) is 47.2 Å². The van der Waals surface area contributed by atoms with Crippen molar-refractivity contribution in [3.8, 4) is 0 Å². The van der Waals surface area contributed by atoms with Crippen molar-refractivity contribution in [1.29, 1.82) is 0 Å². The Kier molecular flexibility index (Phi) is 5.12. The van der Waals surface area contributed by atoms with Crippen LogP contribution in [0.5, 0.6) is 0 Å². The van der Waals surface area contributed by atoms with Crippen LogP contribution in [-0.2, 0) is 4.79 Å². The Morgan fingerprint density at radius 3 is 2.00 bits per heavy atom. The number of carbonyl (C=O) groups is 1. The van der Waals surface area contributed by atoms with Gasteiger partial charge in [-0.25, -0.2) is 0 Å². The van der Waals surface area contributed by atoms with Crippen LogP contribution in [0.25, 0.3) is 0 Å². The van der Waals surface area contributed by atoms with Gasteiger partial charge in [-0.05, 0) is 69.0 Å². The van der Waals surface area contributed by atoms with Gasteiger partial charge in [0.2, 0.25) is 0 Å². The van der Waals surface area contributed by atoms with Crippen molar-refractivity contribution in [2.75, 3.05) is 7.05 Å². The van der Waals surface area contributed by atoms with Crippen LogP contribution in [0.15, 0.2) is 6.07 Å². The van der Waals surface area contributed by atoms with E-state index in [1.807, 2.05) is 14.0 Å². The molecular formula is C16H25NO2. The summed E-state index contributed by atoms with van der Waals surface area (Å²) in [6.07, 6.45) is 0.618. The van der Waals surface area contributed by atoms with Gasteiger partial charge in [-0.15, -0.1) is 0 Å². The molecule has 2 unspecified atom stereocenters. The minimum atomic E-state index is -0.736. The lowest BCUT2D eigenvalue weighted by atomic mass is 9.83. The zero-order valence-corrected chi connectivity index (χ0v) is 12.8. The summed E-state index contributed by atoms with van der Waals surface area (Å²) < 4.78 is 0. The van der Waals surface area contributed by atoms with E-state index in [2.05, 4.69) is 39.1 Å². The Labute approximate surface area is 116 Å². The summed E-state index contributed by atoms with van der Waals surface area (Å²) in [5, 5.41) is 12.6. The normalized spacial score (nSPS) is 14.2. The Morgan fingerprint density at radius 2 is 1.68 bits per heavy atom. The highest BCUT2D eigenvalue weighted by atomic mass is 16.4. The van der Waals surface area contributed by atoms with Gasteiger partial charge in [-0.1, -0.05) is 13.0 Å². The summed E-state index contributed by atoms with van der Waals surface area (Å²) >= 11 is 0. The monoisotopic (exact) mass is 263 g/mol. The van der Waals surface area contributed by atoms with E-state index in [1.165, 1.54) is 22.3 Å². The second-order valence-electron chi connectivity index (χ2n) is 5.29.